The molecule has 1 heterocycles. The highest BCUT2D eigenvalue weighted by Gasteiger charge is 2.15. The number of amides is 1. The van der Waals surface area contributed by atoms with E-state index in [-0.39, 0.29) is 30.4 Å². The van der Waals surface area contributed by atoms with Gasteiger partial charge >= 0.3 is 0 Å². The van der Waals surface area contributed by atoms with Gasteiger partial charge in [0.05, 0.1) is 6.20 Å². The Kier molecular flexibility index (Phi) is 8.72. The number of benzene rings is 3. The minimum atomic E-state index is -0.309. The number of carbonyl (C=O) groups is 1. The summed E-state index contributed by atoms with van der Waals surface area (Å²) in [6, 6.07) is 26.7. The van der Waals surface area contributed by atoms with E-state index in [1.165, 1.54) is 22.5 Å². The minimum Gasteiger partial charge on any atom is -0.384 e. The van der Waals surface area contributed by atoms with Crippen LogP contribution >= 0.6 is 11.8 Å². The molecule has 0 saturated heterocycles. The van der Waals surface area contributed by atoms with Crippen LogP contribution in [-0.4, -0.2) is 27.8 Å². The lowest BCUT2D eigenvalue weighted by molar-refractivity contribution is -0.122. The average Bonchev–Trinajstić information content (AvgIpc) is 2.92. The van der Waals surface area contributed by atoms with Crippen LogP contribution in [0.2, 0.25) is 0 Å². The fourth-order valence-corrected chi connectivity index (χ4v) is 4.47. The van der Waals surface area contributed by atoms with Crippen molar-refractivity contribution in [3.8, 4) is 0 Å². The number of hydrogen-bond donors (Lipinski definition) is 4. The predicted octanol–water partition coefficient (Wildman–Crippen LogP) is 3.65. The lowest BCUT2D eigenvalue weighted by Crippen LogP contribution is -2.34. The summed E-state index contributed by atoms with van der Waals surface area (Å²) in [6.45, 7) is 0.685. The Labute approximate surface area is 219 Å². The number of nitrogens with one attached hydrogen (secondary N) is 3. The second-order valence-electron chi connectivity index (χ2n) is 8.31. The number of rotatable bonds is 11. The quantitative estimate of drug-likeness (QED) is 0.138. The first-order chi connectivity index (χ1) is 18.0. The van der Waals surface area contributed by atoms with Gasteiger partial charge in [0.15, 0.2) is 5.16 Å². The second kappa shape index (κ2) is 12.5. The van der Waals surface area contributed by atoms with Crippen molar-refractivity contribution in [2.75, 3.05) is 11.9 Å². The van der Waals surface area contributed by atoms with E-state index >= 15 is 0 Å². The van der Waals surface area contributed by atoms with E-state index < -0.39 is 0 Å². The van der Waals surface area contributed by atoms with Gasteiger partial charge in [0.2, 0.25) is 5.91 Å². The lowest BCUT2D eigenvalue weighted by Gasteiger charge is -2.14. The third-order valence-electron chi connectivity index (χ3n) is 5.59. The van der Waals surface area contributed by atoms with Crippen LogP contribution in [0.15, 0.2) is 106 Å². The standard InChI is InChI=1S/C28H28N6O2S/c29-26(30)22-13-11-21(12-14-22)17-32-25(35)19-34-27(36)24(31-16-15-20-7-3-1-4-8-20)18-33-28(34)37-23-9-5-2-6-10-23/h1-14,18,31H,15-17,19H2,(H3,29,30)(H,32,35). The van der Waals surface area contributed by atoms with Gasteiger partial charge in [-0.3, -0.25) is 19.6 Å². The predicted molar refractivity (Wildman–Crippen MR) is 147 cm³/mol. The van der Waals surface area contributed by atoms with Gasteiger partial charge in [-0.05, 0) is 29.7 Å². The van der Waals surface area contributed by atoms with Crippen LogP contribution in [0, 0.1) is 5.41 Å². The van der Waals surface area contributed by atoms with Gasteiger partial charge in [-0.25, -0.2) is 4.98 Å². The molecule has 0 atom stereocenters. The second-order valence-corrected chi connectivity index (χ2v) is 9.35. The van der Waals surface area contributed by atoms with E-state index in [1.54, 1.807) is 24.3 Å². The molecule has 0 aliphatic carbocycles. The van der Waals surface area contributed by atoms with Crippen LogP contribution in [0.25, 0.3) is 0 Å². The summed E-state index contributed by atoms with van der Waals surface area (Å²) >= 11 is 1.33. The Hall–Kier alpha value is -4.37. The molecule has 0 bridgehead atoms. The Balaban J connectivity index is 1.48. The van der Waals surface area contributed by atoms with Gasteiger partial charge in [0.1, 0.15) is 18.1 Å². The fraction of sp³-hybridized carbons (Fsp3) is 0.143. The summed E-state index contributed by atoms with van der Waals surface area (Å²) in [6.07, 6.45) is 2.29. The molecule has 4 aromatic rings. The summed E-state index contributed by atoms with van der Waals surface area (Å²) < 4.78 is 1.40. The zero-order chi connectivity index (χ0) is 26.0. The molecule has 1 aromatic heterocycles. The highest BCUT2D eigenvalue weighted by molar-refractivity contribution is 7.99. The number of nitrogens with zero attached hydrogens (tertiary/aromatic N) is 2. The highest BCUT2D eigenvalue weighted by atomic mass is 32.2. The molecule has 0 fully saturated rings. The number of hydrogen-bond acceptors (Lipinski definition) is 6. The molecule has 0 aliphatic rings. The van der Waals surface area contributed by atoms with Gasteiger partial charge in [-0.2, -0.15) is 0 Å². The monoisotopic (exact) mass is 512 g/mol. The van der Waals surface area contributed by atoms with Crippen molar-refractivity contribution in [2.45, 2.75) is 29.6 Å². The van der Waals surface area contributed by atoms with Crippen molar-refractivity contribution in [1.29, 1.82) is 5.41 Å². The minimum absolute atomic E-state index is 0.0110. The first-order valence-electron chi connectivity index (χ1n) is 11.8. The molecule has 37 heavy (non-hydrogen) atoms. The van der Waals surface area contributed by atoms with Crippen molar-refractivity contribution < 1.29 is 4.79 Å². The largest absolute Gasteiger partial charge is 0.384 e. The Morgan fingerprint density at radius 2 is 1.62 bits per heavy atom. The average molecular weight is 513 g/mol. The lowest BCUT2D eigenvalue weighted by atomic mass is 10.1. The molecule has 5 N–H and O–H groups in total. The van der Waals surface area contributed by atoms with Crippen LogP contribution in [-0.2, 0) is 24.3 Å². The summed E-state index contributed by atoms with van der Waals surface area (Å²) in [4.78, 5) is 31.6. The Morgan fingerprint density at radius 3 is 2.30 bits per heavy atom. The molecule has 3 aromatic carbocycles. The molecule has 0 unspecified atom stereocenters. The first-order valence-corrected chi connectivity index (χ1v) is 12.6. The molecule has 1 amide bonds. The number of nitrogens with two attached hydrogens (primary N) is 1. The molecular weight excluding hydrogens is 484 g/mol. The van der Waals surface area contributed by atoms with E-state index in [0.29, 0.717) is 23.0 Å². The fourth-order valence-electron chi connectivity index (χ4n) is 3.60. The molecule has 4 rings (SSSR count). The van der Waals surface area contributed by atoms with Gasteiger partial charge in [-0.1, -0.05) is 84.6 Å². The Bertz CT molecular complexity index is 1410. The third-order valence-corrected chi connectivity index (χ3v) is 6.61. The maximum Gasteiger partial charge on any atom is 0.278 e. The van der Waals surface area contributed by atoms with Crippen LogP contribution in [0.5, 0.6) is 0 Å². The van der Waals surface area contributed by atoms with Crippen molar-refractivity contribution in [2.24, 2.45) is 5.73 Å². The van der Waals surface area contributed by atoms with E-state index in [9.17, 15) is 9.59 Å². The molecule has 0 radical (unpaired) electrons. The zero-order valence-electron chi connectivity index (χ0n) is 20.2. The van der Waals surface area contributed by atoms with Crippen LogP contribution < -0.4 is 21.9 Å². The van der Waals surface area contributed by atoms with Crippen molar-refractivity contribution in [3.63, 3.8) is 0 Å². The Morgan fingerprint density at radius 1 is 0.946 bits per heavy atom. The zero-order valence-corrected chi connectivity index (χ0v) is 21.0. The number of nitrogen functional groups attached to an aromatic ring is 1. The normalized spacial score (nSPS) is 10.6. The maximum absolute atomic E-state index is 13.4. The SMILES string of the molecule is N=C(N)c1ccc(CNC(=O)Cn2c(Sc3ccccc3)ncc(NCCc3ccccc3)c2=O)cc1. The smallest absolute Gasteiger partial charge is 0.278 e. The van der Waals surface area contributed by atoms with E-state index in [0.717, 1.165) is 22.4 Å². The summed E-state index contributed by atoms with van der Waals surface area (Å²) in [7, 11) is 0. The van der Waals surface area contributed by atoms with E-state index in [4.69, 9.17) is 11.1 Å². The molecule has 188 valence electrons. The van der Waals surface area contributed by atoms with Crippen LogP contribution in [0.4, 0.5) is 5.69 Å². The van der Waals surface area contributed by atoms with Gasteiger partial charge in [-0.15, -0.1) is 0 Å². The molecule has 9 heteroatoms. The maximum atomic E-state index is 13.4. The number of anilines is 1. The van der Waals surface area contributed by atoms with Crippen molar-refractivity contribution >= 4 is 29.2 Å². The van der Waals surface area contributed by atoms with E-state index in [2.05, 4.69) is 15.6 Å². The number of aromatic nitrogens is 2. The van der Waals surface area contributed by atoms with Crippen LogP contribution in [0.1, 0.15) is 16.7 Å². The van der Waals surface area contributed by atoms with Crippen molar-refractivity contribution in [3.05, 3.63) is 118 Å². The molecule has 8 nitrogen and oxygen atoms in total. The number of carbonyl (C=O) groups excluding carboxylic acids is 1. The topological polar surface area (TPSA) is 126 Å². The van der Waals surface area contributed by atoms with Gasteiger partial charge in [0.25, 0.3) is 5.56 Å². The summed E-state index contributed by atoms with van der Waals surface area (Å²) in [5.41, 5.74) is 8.18. The first kappa shape index (κ1) is 25.7. The molecule has 0 aliphatic heterocycles. The van der Waals surface area contributed by atoms with Crippen LogP contribution in [0.3, 0.4) is 0 Å². The van der Waals surface area contributed by atoms with Crippen molar-refractivity contribution in [1.82, 2.24) is 14.9 Å². The molecule has 0 spiro atoms. The molecule has 0 saturated carbocycles. The van der Waals surface area contributed by atoms with E-state index in [1.807, 2.05) is 60.7 Å². The summed E-state index contributed by atoms with van der Waals surface area (Å²) in [5, 5.41) is 14.0. The highest BCUT2D eigenvalue weighted by Crippen LogP contribution is 2.25. The molecular formula is C28H28N6O2S. The van der Waals surface area contributed by atoms with Gasteiger partial charge in [0, 0.05) is 23.5 Å². The summed E-state index contributed by atoms with van der Waals surface area (Å²) in [5.74, 6) is -0.320. The third kappa shape index (κ3) is 7.31. The van der Waals surface area contributed by atoms with Gasteiger partial charge < -0.3 is 16.4 Å². The number of amidine groups is 1.